The molecule has 0 radical (unpaired) electrons. The number of rotatable bonds is 4. The lowest BCUT2D eigenvalue weighted by atomic mass is 10.2. The fourth-order valence-electron chi connectivity index (χ4n) is 2.32. The van der Waals surface area contributed by atoms with Crippen LogP contribution in [0, 0.1) is 0 Å². The van der Waals surface area contributed by atoms with E-state index in [9.17, 15) is 0 Å². The number of benzene rings is 2. The number of aromatic nitrogens is 2. The molecule has 0 aliphatic carbocycles. The Morgan fingerprint density at radius 3 is 2.81 bits per heavy atom. The molecule has 0 saturated heterocycles. The lowest BCUT2D eigenvalue weighted by molar-refractivity contribution is 0.675. The van der Waals surface area contributed by atoms with Crippen LogP contribution in [-0.4, -0.2) is 9.78 Å². The molecule has 0 spiro atoms. The summed E-state index contributed by atoms with van der Waals surface area (Å²) in [6, 6.07) is 14.3. The Balaban J connectivity index is 1.88. The third-order valence-electron chi connectivity index (χ3n) is 3.35. The first-order valence-corrected chi connectivity index (χ1v) is 8.59. The van der Waals surface area contributed by atoms with E-state index in [1.807, 2.05) is 18.2 Å². The van der Waals surface area contributed by atoms with Crippen molar-refractivity contribution in [1.82, 2.24) is 9.78 Å². The standard InChI is InChI=1S/C16H16BrN3S/c1-2-20-15-6-4-3-5-12(15)14(19-20)10-21-16-8-7-11(18)9-13(16)17/h3-9H,2,10,18H2,1H3. The Kier molecular flexibility index (Phi) is 4.22. The summed E-state index contributed by atoms with van der Waals surface area (Å²) in [6.07, 6.45) is 0. The van der Waals surface area contributed by atoms with E-state index in [2.05, 4.69) is 51.8 Å². The number of hydrogen-bond acceptors (Lipinski definition) is 3. The molecule has 0 bridgehead atoms. The minimum absolute atomic E-state index is 0.770. The quantitative estimate of drug-likeness (QED) is 0.541. The van der Waals surface area contributed by atoms with E-state index in [-0.39, 0.29) is 0 Å². The lowest BCUT2D eigenvalue weighted by Gasteiger charge is -2.04. The summed E-state index contributed by atoms with van der Waals surface area (Å²) < 4.78 is 3.09. The van der Waals surface area contributed by atoms with Gasteiger partial charge >= 0.3 is 0 Å². The van der Waals surface area contributed by atoms with E-state index < -0.39 is 0 Å². The van der Waals surface area contributed by atoms with Gasteiger partial charge in [0.15, 0.2) is 0 Å². The first-order chi connectivity index (χ1) is 10.2. The van der Waals surface area contributed by atoms with Gasteiger partial charge in [-0.05, 0) is 47.1 Å². The van der Waals surface area contributed by atoms with Crippen molar-refractivity contribution in [2.24, 2.45) is 0 Å². The predicted molar refractivity (Wildman–Crippen MR) is 93.5 cm³/mol. The van der Waals surface area contributed by atoms with E-state index in [0.717, 1.165) is 28.2 Å². The molecule has 0 atom stereocenters. The third kappa shape index (κ3) is 2.94. The van der Waals surface area contributed by atoms with Crippen LogP contribution in [0.5, 0.6) is 0 Å². The second-order valence-corrected chi connectivity index (χ2v) is 6.63. The number of thioether (sulfide) groups is 1. The summed E-state index contributed by atoms with van der Waals surface area (Å²) >= 11 is 5.33. The molecule has 3 aromatic rings. The Labute approximate surface area is 136 Å². The fourth-order valence-corrected chi connectivity index (χ4v) is 3.93. The minimum Gasteiger partial charge on any atom is -0.399 e. The van der Waals surface area contributed by atoms with Crippen molar-refractivity contribution in [2.45, 2.75) is 24.1 Å². The maximum Gasteiger partial charge on any atom is 0.0805 e. The van der Waals surface area contributed by atoms with E-state index in [1.165, 1.54) is 15.8 Å². The minimum atomic E-state index is 0.770. The van der Waals surface area contributed by atoms with Crippen molar-refractivity contribution in [2.75, 3.05) is 5.73 Å². The highest BCUT2D eigenvalue weighted by atomic mass is 79.9. The first-order valence-electron chi connectivity index (χ1n) is 6.81. The smallest absolute Gasteiger partial charge is 0.0805 e. The lowest BCUT2D eigenvalue weighted by Crippen LogP contribution is -1.96. The maximum atomic E-state index is 5.78. The molecule has 1 heterocycles. The monoisotopic (exact) mass is 361 g/mol. The van der Waals surface area contributed by atoms with Gasteiger partial charge in [0.2, 0.25) is 0 Å². The van der Waals surface area contributed by atoms with Crippen LogP contribution in [-0.2, 0) is 12.3 Å². The molecule has 0 fully saturated rings. The summed E-state index contributed by atoms with van der Waals surface area (Å²) in [5.41, 5.74) is 8.87. The van der Waals surface area contributed by atoms with Gasteiger partial charge in [0.25, 0.3) is 0 Å². The van der Waals surface area contributed by atoms with Gasteiger partial charge in [0.05, 0.1) is 11.2 Å². The van der Waals surface area contributed by atoms with Gasteiger partial charge in [-0.1, -0.05) is 18.2 Å². The van der Waals surface area contributed by atoms with E-state index >= 15 is 0 Å². The van der Waals surface area contributed by atoms with E-state index in [1.54, 1.807) is 11.8 Å². The number of hydrogen-bond donors (Lipinski definition) is 1. The second kappa shape index (κ2) is 6.12. The van der Waals surface area contributed by atoms with Crippen LogP contribution < -0.4 is 5.73 Å². The number of anilines is 1. The molecule has 0 amide bonds. The van der Waals surface area contributed by atoms with Crippen LogP contribution in [0.15, 0.2) is 51.8 Å². The summed E-state index contributed by atoms with van der Waals surface area (Å²) in [7, 11) is 0. The largest absolute Gasteiger partial charge is 0.399 e. The highest BCUT2D eigenvalue weighted by molar-refractivity contribution is 9.10. The fraction of sp³-hybridized carbons (Fsp3) is 0.188. The second-order valence-electron chi connectivity index (χ2n) is 4.76. The number of nitrogens with zero attached hydrogens (tertiary/aromatic N) is 2. The normalized spacial score (nSPS) is 11.1. The molecule has 0 aliphatic heterocycles. The molecule has 3 rings (SSSR count). The van der Waals surface area contributed by atoms with E-state index in [4.69, 9.17) is 10.8 Å². The summed E-state index contributed by atoms with van der Waals surface area (Å²) in [5.74, 6) is 0.843. The molecule has 0 unspecified atom stereocenters. The van der Waals surface area contributed by atoms with Gasteiger partial charge in [0.1, 0.15) is 0 Å². The van der Waals surface area contributed by atoms with Crippen LogP contribution in [0.4, 0.5) is 5.69 Å². The average Bonchev–Trinajstić information content (AvgIpc) is 2.85. The van der Waals surface area contributed by atoms with Gasteiger partial charge in [-0.3, -0.25) is 4.68 Å². The molecule has 108 valence electrons. The molecular weight excluding hydrogens is 346 g/mol. The molecule has 1 aromatic heterocycles. The zero-order valence-electron chi connectivity index (χ0n) is 11.7. The number of nitrogen functional groups attached to an aromatic ring is 1. The van der Waals surface area contributed by atoms with Crippen LogP contribution in [0.2, 0.25) is 0 Å². The van der Waals surface area contributed by atoms with Crippen molar-refractivity contribution in [3.63, 3.8) is 0 Å². The number of para-hydroxylation sites is 1. The first kappa shape index (κ1) is 14.5. The van der Waals surface area contributed by atoms with Crippen molar-refractivity contribution in [3.8, 4) is 0 Å². The third-order valence-corrected chi connectivity index (χ3v) is 5.36. The molecule has 0 saturated carbocycles. The SMILES string of the molecule is CCn1nc(CSc2ccc(N)cc2Br)c2ccccc21. The molecule has 2 aromatic carbocycles. The zero-order valence-corrected chi connectivity index (χ0v) is 14.1. The summed E-state index contributed by atoms with van der Waals surface area (Å²) in [4.78, 5) is 1.18. The Hall–Kier alpha value is -1.46. The van der Waals surface area contributed by atoms with Gasteiger partial charge in [0, 0.05) is 32.7 Å². The molecule has 3 nitrogen and oxygen atoms in total. The predicted octanol–water partition coefficient (Wildman–Crippen LogP) is 4.69. The number of halogens is 1. The number of fused-ring (bicyclic) bond motifs is 1. The maximum absolute atomic E-state index is 5.78. The van der Waals surface area contributed by atoms with Gasteiger partial charge in [-0.2, -0.15) is 5.10 Å². The van der Waals surface area contributed by atoms with Crippen LogP contribution in [0.25, 0.3) is 10.9 Å². The molecule has 5 heteroatoms. The molecule has 0 aliphatic rings. The molecule has 21 heavy (non-hydrogen) atoms. The van der Waals surface area contributed by atoms with Crippen LogP contribution in [0.1, 0.15) is 12.6 Å². The van der Waals surface area contributed by atoms with Gasteiger partial charge in [-0.25, -0.2) is 0 Å². The van der Waals surface area contributed by atoms with Crippen LogP contribution >= 0.6 is 27.7 Å². The van der Waals surface area contributed by atoms with Crippen molar-refractivity contribution in [3.05, 3.63) is 52.6 Å². The Bertz CT molecular complexity index is 782. The molecular formula is C16H16BrN3S. The van der Waals surface area contributed by atoms with Crippen molar-refractivity contribution < 1.29 is 0 Å². The Morgan fingerprint density at radius 2 is 2.05 bits per heavy atom. The van der Waals surface area contributed by atoms with Crippen molar-refractivity contribution >= 4 is 44.3 Å². The van der Waals surface area contributed by atoms with Gasteiger partial charge < -0.3 is 5.73 Å². The summed E-state index contributed by atoms with van der Waals surface area (Å²) in [6.45, 7) is 3.00. The number of aryl methyl sites for hydroxylation is 1. The molecule has 2 N–H and O–H groups in total. The summed E-state index contributed by atoms with van der Waals surface area (Å²) in [5, 5.41) is 5.96. The van der Waals surface area contributed by atoms with Crippen molar-refractivity contribution in [1.29, 1.82) is 0 Å². The van der Waals surface area contributed by atoms with Gasteiger partial charge in [-0.15, -0.1) is 11.8 Å². The van der Waals surface area contributed by atoms with E-state index in [0.29, 0.717) is 0 Å². The highest BCUT2D eigenvalue weighted by Crippen LogP contribution is 2.32. The van der Waals surface area contributed by atoms with Crippen LogP contribution in [0.3, 0.4) is 0 Å². The topological polar surface area (TPSA) is 43.8 Å². The Morgan fingerprint density at radius 1 is 1.24 bits per heavy atom. The highest BCUT2D eigenvalue weighted by Gasteiger charge is 2.10. The number of nitrogens with two attached hydrogens (primary N) is 1. The average molecular weight is 362 g/mol. The zero-order chi connectivity index (χ0) is 14.8.